The number of amides is 1. The van der Waals surface area contributed by atoms with Crippen molar-refractivity contribution in [1.29, 1.82) is 0 Å². The molecule has 0 aliphatic heterocycles. The number of benzene rings is 2. The van der Waals surface area contributed by atoms with Crippen LogP contribution in [-0.4, -0.2) is 39.5 Å². The summed E-state index contributed by atoms with van der Waals surface area (Å²) in [4.78, 5) is 25.5. The van der Waals surface area contributed by atoms with Crippen LogP contribution in [0.4, 0.5) is 9.39 Å². The SMILES string of the molecule is C=CCn1c(SCC(=O)Nc2scc(-c3ccc(F)cc3)c2C(=O)OC)nnc1C(C)Oc1ccc(C)c(C)c1. The largest absolute Gasteiger partial charge is 0.483 e. The van der Waals surface area contributed by atoms with E-state index in [1.807, 2.05) is 43.5 Å². The molecule has 1 N–H and O–H groups in total. The summed E-state index contributed by atoms with van der Waals surface area (Å²) in [5.74, 6) is 0.0358. The Kier molecular flexibility index (Phi) is 9.38. The van der Waals surface area contributed by atoms with Gasteiger partial charge in [0, 0.05) is 17.5 Å². The van der Waals surface area contributed by atoms with Crippen molar-refractivity contribution in [2.45, 2.75) is 38.6 Å². The normalized spacial score (nSPS) is 11.6. The number of thioether (sulfide) groups is 1. The quantitative estimate of drug-likeness (QED) is 0.121. The van der Waals surface area contributed by atoms with Gasteiger partial charge >= 0.3 is 5.97 Å². The summed E-state index contributed by atoms with van der Waals surface area (Å²) in [6, 6.07) is 11.7. The van der Waals surface area contributed by atoms with Crippen LogP contribution in [0.25, 0.3) is 11.1 Å². The first-order valence-electron chi connectivity index (χ1n) is 12.4. The fourth-order valence-electron chi connectivity index (χ4n) is 3.94. The summed E-state index contributed by atoms with van der Waals surface area (Å²) in [7, 11) is 1.27. The van der Waals surface area contributed by atoms with Crippen LogP contribution in [0.5, 0.6) is 5.75 Å². The first kappa shape index (κ1) is 29.0. The van der Waals surface area contributed by atoms with Crippen molar-refractivity contribution >= 4 is 40.0 Å². The van der Waals surface area contributed by atoms with E-state index >= 15 is 0 Å². The molecule has 0 spiro atoms. The zero-order valence-electron chi connectivity index (χ0n) is 22.6. The molecule has 0 bridgehead atoms. The number of nitrogens with zero attached hydrogens (tertiary/aromatic N) is 3. The second-order valence-corrected chi connectivity index (χ2v) is 10.8. The number of ether oxygens (including phenoxy) is 2. The van der Waals surface area contributed by atoms with Gasteiger partial charge in [-0.05, 0) is 61.7 Å². The van der Waals surface area contributed by atoms with E-state index in [4.69, 9.17) is 9.47 Å². The summed E-state index contributed by atoms with van der Waals surface area (Å²) in [6.07, 6.45) is 1.33. The number of rotatable bonds is 11. The van der Waals surface area contributed by atoms with Crippen LogP contribution in [0.1, 0.15) is 40.3 Å². The number of esters is 1. The van der Waals surface area contributed by atoms with E-state index in [1.165, 1.54) is 47.9 Å². The number of nitrogens with one attached hydrogen (secondary N) is 1. The molecule has 0 aliphatic carbocycles. The fraction of sp³-hybridized carbons (Fsp3) is 0.241. The van der Waals surface area contributed by atoms with Crippen LogP contribution in [0.2, 0.25) is 0 Å². The van der Waals surface area contributed by atoms with E-state index in [0.717, 1.165) is 11.3 Å². The van der Waals surface area contributed by atoms with E-state index in [-0.39, 0.29) is 23.0 Å². The van der Waals surface area contributed by atoms with Gasteiger partial charge in [-0.15, -0.1) is 28.1 Å². The standard InChI is InChI=1S/C29H29FN4O4S2/c1-6-13-34-26(19(4)38-22-12-7-17(2)18(3)14-22)32-33-29(34)40-16-24(35)31-27-25(28(36)37-5)23(15-39-27)20-8-10-21(30)11-9-20/h6-12,14-15,19H,1,13,16H2,2-5H3,(H,31,35). The molecule has 40 heavy (non-hydrogen) atoms. The lowest BCUT2D eigenvalue weighted by molar-refractivity contribution is -0.113. The van der Waals surface area contributed by atoms with Crippen molar-refractivity contribution in [1.82, 2.24) is 14.8 Å². The van der Waals surface area contributed by atoms with Crippen molar-refractivity contribution in [2.24, 2.45) is 0 Å². The number of aryl methyl sites for hydroxylation is 2. The number of hydrogen-bond donors (Lipinski definition) is 1. The molecule has 0 saturated carbocycles. The number of thiophene rings is 1. The molecule has 1 unspecified atom stereocenters. The molecule has 2 heterocycles. The Morgan fingerprint density at radius 3 is 2.60 bits per heavy atom. The molecule has 0 fully saturated rings. The first-order valence-corrected chi connectivity index (χ1v) is 14.2. The predicted octanol–water partition coefficient (Wildman–Crippen LogP) is 6.61. The van der Waals surface area contributed by atoms with E-state index in [2.05, 4.69) is 22.1 Å². The highest BCUT2D eigenvalue weighted by atomic mass is 32.2. The highest BCUT2D eigenvalue weighted by Gasteiger charge is 2.24. The number of aromatic nitrogens is 3. The van der Waals surface area contributed by atoms with Gasteiger partial charge in [0.25, 0.3) is 0 Å². The number of halogens is 1. The fourth-order valence-corrected chi connectivity index (χ4v) is 5.67. The van der Waals surface area contributed by atoms with Crippen LogP contribution in [-0.2, 0) is 16.1 Å². The number of allylic oxidation sites excluding steroid dienone is 1. The van der Waals surface area contributed by atoms with Crippen LogP contribution in [0, 0.1) is 19.7 Å². The summed E-state index contributed by atoms with van der Waals surface area (Å²) < 4.78 is 26.3. The Bertz CT molecular complexity index is 1530. The molecule has 4 aromatic rings. The van der Waals surface area contributed by atoms with Crippen LogP contribution >= 0.6 is 23.1 Å². The molecule has 0 aliphatic rings. The second-order valence-electron chi connectivity index (χ2n) is 8.94. The van der Waals surface area contributed by atoms with E-state index in [0.29, 0.717) is 33.7 Å². The molecule has 0 radical (unpaired) electrons. The Balaban J connectivity index is 1.47. The maximum absolute atomic E-state index is 13.4. The van der Waals surface area contributed by atoms with Crippen LogP contribution < -0.4 is 10.1 Å². The highest BCUT2D eigenvalue weighted by molar-refractivity contribution is 7.99. The summed E-state index contributed by atoms with van der Waals surface area (Å²) >= 11 is 2.40. The molecule has 0 saturated heterocycles. The molecule has 208 valence electrons. The predicted molar refractivity (Wildman–Crippen MR) is 156 cm³/mol. The van der Waals surface area contributed by atoms with Gasteiger partial charge in [0.05, 0.1) is 12.9 Å². The minimum absolute atomic E-state index is 0.0199. The maximum atomic E-state index is 13.4. The van der Waals surface area contributed by atoms with Gasteiger partial charge in [-0.25, -0.2) is 9.18 Å². The smallest absolute Gasteiger partial charge is 0.341 e. The average molecular weight is 581 g/mol. The lowest BCUT2D eigenvalue weighted by Gasteiger charge is -2.16. The van der Waals surface area contributed by atoms with Gasteiger partial charge in [-0.3, -0.25) is 9.36 Å². The minimum atomic E-state index is -0.600. The number of carbonyl (C=O) groups is 2. The molecule has 1 atom stereocenters. The van der Waals surface area contributed by atoms with Crippen LogP contribution in [0.15, 0.2) is 65.7 Å². The molecule has 1 amide bonds. The Hall–Kier alpha value is -3.96. The van der Waals surface area contributed by atoms with Gasteiger partial charge < -0.3 is 14.8 Å². The Morgan fingerprint density at radius 2 is 1.93 bits per heavy atom. The maximum Gasteiger partial charge on any atom is 0.341 e. The summed E-state index contributed by atoms with van der Waals surface area (Å²) in [6.45, 7) is 10.2. The first-order chi connectivity index (χ1) is 19.2. The van der Waals surface area contributed by atoms with Gasteiger partial charge in [0.2, 0.25) is 5.91 Å². The van der Waals surface area contributed by atoms with Gasteiger partial charge in [-0.1, -0.05) is 36.0 Å². The molecule has 2 aromatic heterocycles. The molecular weight excluding hydrogens is 551 g/mol. The molecular formula is C29H29FN4O4S2. The van der Waals surface area contributed by atoms with Crippen molar-refractivity contribution in [2.75, 3.05) is 18.2 Å². The zero-order chi connectivity index (χ0) is 28.8. The van der Waals surface area contributed by atoms with Gasteiger partial charge in [0.1, 0.15) is 22.1 Å². The highest BCUT2D eigenvalue weighted by Crippen LogP contribution is 2.36. The summed E-state index contributed by atoms with van der Waals surface area (Å²) in [5.41, 5.74) is 3.71. The third-order valence-corrected chi connectivity index (χ3v) is 8.00. The average Bonchev–Trinajstić information content (AvgIpc) is 3.54. The molecule has 11 heteroatoms. The van der Waals surface area contributed by atoms with Crippen molar-refractivity contribution < 1.29 is 23.5 Å². The Labute approximate surface area is 240 Å². The van der Waals surface area contributed by atoms with Crippen molar-refractivity contribution in [3.05, 3.63) is 88.8 Å². The topological polar surface area (TPSA) is 95.3 Å². The lowest BCUT2D eigenvalue weighted by Crippen LogP contribution is -2.17. The van der Waals surface area contributed by atoms with Crippen molar-refractivity contribution in [3.63, 3.8) is 0 Å². The van der Waals surface area contributed by atoms with E-state index in [1.54, 1.807) is 23.6 Å². The minimum Gasteiger partial charge on any atom is -0.483 e. The lowest BCUT2D eigenvalue weighted by atomic mass is 10.0. The summed E-state index contributed by atoms with van der Waals surface area (Å²) in [5, 5.41) is 14.0. The molecule has 4 rings (SSSR count). The monoisotopic (exact) mass is 580 g/mol. The van der Waals surface area contributed by atoms with E-state index in [9.17, 15) is 14.0 Å². The Morgan fingerprint density at radius 1 is 1.18 bits per heavy atom. The number of methoxy groups -OCH3 is 1. The second kappa shape index (κ2) is 12.9. The number of hydrogen-bond acceptors (Lipinski definition) is 8. The van der Waals surface area contributed by atoms with Crippen molar-refractivity contribution in [3.8, 4) is 16.9 Å². The zero-order valence-corrected chi connectivity index (χ0v) is 24.2. The third-order valence-electron chi connectivity index (χ3n) is 6.13. The third kappa shape index (κ3) is 6.60. The number of anilines is 1. The van der Waals surface area contributed by atoms with Gasteiger partial charge in [0.15, 0.2) is 17.1 Å². The van der Waals surface area contributed by atoms with Gasteiger partial charge in [-0.2, -0.15) is 0 Å². The van der Waals surface area contributed by atoms with Crippen LogP contribution in [0.3, 0.4) is 0 Å². The molecule has 8 nitrogen and oxygen atoms in total. The number of carbonyl (C=O) groups excluding carboxylic acids is 2. The van der Waals surface area contributed by atoms with E-state index < -0.39 is 12.1 Å². The molecule has 2 aromatic carbocycles.